The molecule has 1 aliphatic heterocycles. The van der Waals surface area contributed by atoms with Crippen molar-refractivity contribution in [3.63, 3.8) is 0 Å². The quantitative estimate of drug-likeness (QED) is 0.631. The average Bonchev–Trinajstić information content (AvgIpc) is 2.07. The van der Waals surface area contributed by atoms with Gasteiger partial charge < -0.3 is 5.32 Å². The first kappa shape index (κ1) is 9.04. The predicted molar refractivity (Wildman–Crippen MR) is 53.2 cm³/mol. The summed E-state index contributed by atoms with van der Waals surface area (Å²) in [5.41, 5.74) is 3.56. The van der Waals surface area contributed by atoms with Crippen LogP contribution in [0.25, 0.3) is 0 Å². The van der Waals surface area contributed by atoms with Gasteiger partial charge in [0.05, 0.1) is 0 Å². The van der Waals surface area contributed by atoms with Crippen LogP contribution in [0.5, 0.6) is 0 Å². The maximum absolute atomic E-state index is 4.34. The fraction of sp³-hybridized carbons (Fsp3) is 0.500. The van der Waals surface area contributed by atoms with Crippen LogP contribution in [0.4, 0.5) is 0 Å². The van der Waals surface area contributed by atoms with Gasteiger partial charge in [-0.2, -0.15) is 0 Å². The predicted octanol–water partition coefficient (Wildman–Crippen LogP) is 2.25. The molecule has 2 nitrogen and oxygen atoms in total. The van der Waals surface area contributed by atoms with Crippen molar-refractivity contribution in [2.75, 3.05) is 7.05 Å². The Morgan fingerprint density at radius 2 is 2.08 bits per heavy atom. The van der Waals surface area contributed by atoms with Crippen LogP contribution in [0.15, 0.2) is 28.0 Å². The third-order valence-corrected chi connectivity index (χ3v) is 2.15. The second kappa shape index (κ2) is 4.10. The highest BCUT2D eigenvalue weighted by molar-refractivity contribution is 5.60. The molecule has 0 aromatic rings. The van der Waals surface area contributed by atoms with Gasteiger partial charge in [0.25, 0.3) is 0 Å². The third kappa shape index (κ3) is 1.97. The molecule has 1 heterocycles. The molecule has 0 saturated heterocycles. The number of rotatable bonds is 1. The lowest BCUT2D eigenvalue weighted by molar-refractivity contribution is 0.941. The van der Waals surface area contributed by atoms with E-state index in [-0.39, 0.29) is 0 Å². The van der Waals surface area contributed by atoms with Gasteiger partial charge in [-0.3, -0.25) is 4.99 Å². The Bertz CT molecular complexity index is 247. The molecule has 0 fully saturated rings. The van der Waals surface area contributed by atoms with Crippen molar-refractivity contribution in [2.45, 2.75) is 26.7 Å². The maximum atomic E-state index is 4.34. The molecule has 0 aromatic heterocycles. The SMILES string of the molecule is CNC1=CCCC=NC(C)=C1C. The van der Waals surface area contributed by atoms with Gasteiger partial charge in [0.15, 0.2) is 0 Å². The molecular weight excluding hydrogens is 148 g/mol. The lowest BCUT2D eigenvalue weighted by Gasteiger charge is -2.10. The smallest absolute Gasteiger partial charge is 0.0418 e. The highest BCUT2D eigenvalue weighted by Crippen LogP contribution is 2.15. The molecule has 0 aromatic carbocycles. The summed E-state index contributed by atoms with van der Waals surface area (Å²) in [6, 6.07) is 0. The van der Waals surface area contributed by atoms with Gasteiger partial charge >= 0.3 is 0 Å². The molecule has 0 unspecified atom stereocenters. The van der Waals surface area contributed by atoms with E-state index < -0.39 is 0 Å². The zero-order valence-electron chi connectivity index (χ0n) is 8.02. The maximum Gasteiger partial charge on any atom is 0.0418 e. The zero-order chi connectivity index (χ0) is 8.97. The van der Waals surface area contributed by atoms with Crippen molar-refractivity contribution in [3.05, 3.63) is 23.0 Å². The molecule has 12 heavy (non-hydrogen) atoms. The van der Waals surface area contributed by atoms with Gasteiger partial charge in [-0.05, 0) is 32.3 Å². The van der Waals surface area contributed by atoms with Gasteiger partial charge in [0.1, 0.15) is 0 Å². The van der Waals surface area contributed by atoms with E-state index in [4.69, 9.17) is 0 Å². The summed E-state index contributed by atoms with van der Waals surface area (Å²) in [4.78, 5) is 4.34. The van der Waals surface area contributed by atoms with E-state index in [9.17, 15) is 0 Å². The highest BCUT2D eigenvalue weighted by Gasteiger charge is 2.02. The summed E-state index contributed by atoms with van der Waals surface area (Å²) < 4.78 is 0. The summed E-state index contributed by atoms with van der Waals surface area (Å²) in [6.07, 6.45) is 6.33. The van der Waals surface area contributed by atoms with Crippen molar-refractivity contribution in [1.82, 2.24) is 5.32 Å². The van der Waals surface area contributed by atoms with E-state index in [0.29, 0.717) is 0 Å². The van der Waals surface area contributed by atoms with Crippen molar-refractivity contribution >= 4 is 6.21 Å². The standard InChI is InChI=1S/C10H16N2/c1-8-9(2)12-7-5-4-6-10(8)11-3/h6-7,11H,4-5H2,1-3H3. The number of nitrogens with zero attached hydrogens (tertiary/aromatic N) is 1. The van der Waals surface area contributed by atoms with Crippen molar-refractivity contribution < 1.29 is 0 Å². The minimum Gasteiger partial charge on any atom is -0.388 e. The van der Waals surface area contributed by atoms with Crippen LogP contribution < -0.4 is 5.32 Å². The van der Waals surface area contributed by atoms with E-state index in [1.54, 1.807) is 0 Å². The van der Waals surface area contributed by atoms with Gasteiger partial charge in [-0.15, -0.1) is 0 Å². The Kier molecular flexibility index (Phi) is 3.09. The number of aliphatic imine (C=N–C) groups is 1. The van der Waals surface area contributed by atoms with E-state index in [1.807, 2.05) is 20.2 Å². The normalized spacial score (nSPS) is 18.4. The first-order valence-electron chi connectivity index (χ1n) is 4.34. The summed E-state index contributed by atoms with van der Waals surface area (Å²) >= 11 is 0. The molecule has 0 saturated carbocycles. The van der Waals surface area contributed by atoms with Crippen LogP contribution >= 0.6 is 0 Å². The van der Waals surface area contributed by atoms with Crippen molar-refractivity contribution in [2.24, 2.45) is 4.99 Å². The first-order valence-corrected chi connectivity index (χ1v) is 4.34. The summed E-state index contributed by atoms with van der Waals surface area (Å²) in [5, 5.41) is 3.18. The molecule has 0 radical (unpaired) electrons. The minimum atomic E-state index is 1.04. The molecule has 2 heteroatoms. The van der Waals surface area contributed by atoms with Crippen molar-refractivity contribution in [3.8, 4) is 0 Å². The Labute approximate surface area is 74.1 Å². The van der Waals surface area contributed by atoms with Crippen LogP contribution in [0.2, 0.25) is 0 Å². The van der Waals surface area contributed by atoms with Crippen LogP contribution in [-0.4, -0.2) is 13.3 Å². The van der Waals surface area contributed by atoms with E-state index >= 15 is 0 Å². The number of nitrogens with one attached hydrogen (secondary N) is 1. The van der Waals surface area contributed by atoms with E-state index in [0.717, 1.165) is 18.5 Å². The van der Waals surface area contributed by atoms with Crippen LogP contribution in [-0.2, 0) is 0 Å². The molecule has 1 rings (SSSR count). The molecule has 0 spiro atoms. The van der Waals surface area contributed by atoms with Gasteiger partial charge in [0.2, 0.25) is 0 Å². The third-order valence-electron chi connectivity index (χ3n) is 2.15. The van der Waals surface area contributed by atoms with Crippen LogP contribution in [0.1, 0.15) is 26.7 Å². The van der Waals surface area contributed by atoms with Crippen molar-refractivity contribution in [1.29, 1.82) is 0 Å². The monoisotopic (exact) mass is 164 g/mol. The molecule has 1 N–H and O–H groups in total. The molecule has 1 aliphatic rings. The Morgan fingerprint density at radius 1 is 1.33 bits per heavy atom. The zero-order valence-corrected chi connectivity index (χ0v) is 8.02. The fourth-order valence-corrected chi connectivity index (χ4v) is 1.24. The molecule has 0 aliphatic carbocycles. The number of allylic oxidation sites excluding steroid dienone is 3. The van der Waals surface area contributed by atoms with Crippen LogP contribution in [0.3, 0.4) is 0 Å². The Balaban J connectivity index is 2.98. The Hall–Kier alpha value is -1.05. The lowest BCUT2D eigenvalue weighted by atomic mass is 10.1. The highest BCUT2D eigenvalue weighted by atomic mass is 14.8. The largest absolute Gasteiger partial charge is 0.388 e. The second-order valence-corrected chi connectivity index (χ2v) is 2.97. The van der Waals surface area contributed by atoms with Gasteiger partial charge in [-0.25, -0.2) is 0 Å². The summed E-state index contributed by atoms with van der Waals surface area (Å²) in [5.74, 6) is 0. The average molecular weight is 164 g/mol. The molecule has 66 valence electrons. The summed E-state index contributed by atoms with van der Waals surface area (Å²) in [7, 11) is 1.95. The lowest BCUT2D eigenvalue weighted by Crippen LogP contribution is -2.08. The molecule has 0 bridgehead atoms. The van der Waals surface area contributed by atoms with Gasteiger partial charge in [0, 0.05) is 24.7 Å². The number of likely N-dealkylation sites (N-methyl/N-ethyl adjacent to an activating group) is 1. The minimum absolute atomic E-state index is 1.04. The number of hydrogen-bond acceptors (Lipinski definition) is 2. The summed E-state index contributed by atoms with van der Waals surface area (Å²) in [6.45, 7) is 4.14. The molecular formula is C10H16N2. The first-order chi connectivity index (χ1) is 5.75. The van der Waals surface area contributed by atoms with Crippen LogP contribution in [0, 0.1) is 0 Å². The fourth-order valence-electron chi connectivity index (χ4n) is 1.24. The topological polar surface area (TPSA) is 24.4 Å². The van der Waals surface area contributed by atoms with Gasteiger partial charge in [-0.1, -0.05) is 6.08 Å². The second-order valence-electron chi connectivity index (χ2n) is 2.97. The molecule has 0 amide bonds. The van der Waals surface area contributed by atoms with E-state index in [1.165, 1.54) is 11.3 Å². The molecule has 0 atom stereocenters. The number of hydrogen-bond donors (Lipinski definition) is 1. The van der Waals surface area contributed by atoms with E-state index in [2.05, 4.69) is 23.3 Å². The Morgan fingerprint density at radius 3 is 2.75 bits per heavy atom.